The van der Waals surface area contributed by atoms with Crippen molar-refractivity contribution < 1.29 is 9.59 Å². The molecule has 0 aliphatic carbocycles. The second-order valence-corrected chi connectivity index (χ2v) is 9.24. The van der Waals surface area contributed by atoms with Gasteiger partial charge in [-0.1, -0.05) is 28.1 Å². The molecule has 2 amide bonds. The van der Waals surface area contributed by atoms with Gasteiger partial charge in [0.15, 0.2) is 0 Å². The Hall–Kier alpha value is -1.83. The standard InChI is InChI=1S/C22H26BrN3O2S/c1-16-2-3-17(15-26-10-12-29-13-11-26)14-20(16)25-21(27)8-9-24-22(28)18-4-6-19(23)7-5-18/h2-7,14H,8-13,15H2,1H3,(H,24,28)(H,25,27). The van der Waals surface area contributed by atoms with Crippen molar-refractivity contribution in [3.8, 4) is 0 Å². The zero-order valence-electron chi connectivity index (χ0n) is 16.5. The van der Waals surface area contributed by atoms with Gasteiger partial charge < -0.3 is 10.6 Å². The summed E-state index contributed by atoms with van der Waals surface area (Å²) < 4.78 is 0.921. The van der Waals surface area contributed by atoms with Crippen LogP contribution in [-0.4, -0.2) is 47.9 Å². The molecule has 2 N–H and O–H groups in total. The van der Waals surface area contributed by atoms with Crippen LogP contribution in [0.4, 0.5) is 5.69 Å². The van der Waals surface area contributed by atoms with Crippen LogP contribution in [0.25, 0.3) is 0 Å². The van der Waals surface area contributed by atoms with Crippen LogP contribution < -0.4 is 10.6 Å². The highest BCUT2D eigenvalue weighted by atomic mass is 79.9. The maximum Gasteiger partial charge on any atom is 0.251 e. The van der Waals surface area contributed by atoms with Gasteiger partial charge in [-0.05, 0) is 48.4 Å². The highest BCUT2D eigenvalue weighted by Crippen LogP contribution is 2.20. The monoisotopic (exact) mass is 475 g/mol. The number of amides is 2. The van der Waals surface area contributed by atoms with Crippen LogP contribution in [0, 0.1) is 6.92 Å². The van der Waals surface area contributed by atoms with Gasteiger partial charge in [0.2, 0.25) is 5.91 Å². The molecule has 2 aromatic rings. The molecule has 2 aromatic carbocycles. The largest absolute Gasteiger partial charge is 0.352 e. The van der Waals surface area contributed by atoms with E-state index in [0.29, 0.717) is 12.1 Å². The van der Waals surface area contributed by atoms with Crippen molar-refractivity contribution in [2.24, 2.45) is 0 Å². The zero-order chi connectivity index (χ0) is 20.6. The summed E-state index contributed by atoms with van der Waals surface area (Å²) in [4.78, 5) is 26.9. The van der Waals surface area contributed by atoms with Gasteiger partial charge in [-0.3, -0.25) is 14.5 Å². The number of hydrogen-bond donors (Lipinski definition) is 2. The lowest BCUT2D eigenvalue weighted by Crippen LogP contribution is -2.32. The summed E-state index contributed by atoms with van der Waals surface area (Å²) in [5.41, 5.74) is 3.67. The average Bonchev–Trinajstić information content (AvgIpc) is 2.72. The van der Waals surface area contributed by atoms with Gasteiger partial charge >= 0.3 is 0 Å². The van der Waals surface area contributed by atoms with Crippen molar-refractivity contribution in [3.63, 3.8) is 0 Å². The first-order valence-electron chi connectivity index (χ1n) is 9.74. The van der Waals surface area contributed by atoms with E-state index in [-0.39, 0.29) is 18.2 Å². The molecule has 1 aliphatic rings. The van der Waals surface area contributed by atoms with Gasteiger partial charge in [-0.15, -0.1) is 0 Å². The van der Waals surface area contributed by atoms with E-state index in [0.717, 1.165) is 35.4 Å². The molecule has 1 heterocycles. The third-order valence-electron chi connectivity index (χ3n) is 4.83. The van der Waals surface area contributed by atoms with Crippen molar-refractivity contribution in [1.29, 1.82) is 0 Å². The molecule has 0 radical (unpaired) electrons. The number of hydrogen-bond acceptors (Lipinski definition) is 4. The van der Waals surface area contributed by atoms with E-state index in [1.165, 1.54) is 17.1 Å². The molecule has 1 saturated heterocycles. The minimum absolute atomic E-state index is 0.101. The Balaban J connectivity index is 1.48. The van der Waals surface area contributed by atoms with Gasteiger partial charge in [-0.25, -0.2) is 0 Å². The fourth-order valence-corrected chi connectivity index (χ4v) is 4.37. The molecule has 1 aliphatic heterocycles. The summed E-state index contributed by atoms with van der Waals surface area (Å²) in [6.07, 6.45) is 0.231. The third kappa shape index (κ3) is 6.87. The van der Waals surface area contributed by atoms with E-state index in [2.05, 4.69) is 49.7 Å². The number of aryl methyl sites for hydroxylation is 1. The number of carbonyl (C=O) groups is 2. The predicted octanol–water partition coefficient (Wildman–Crippen LogP) is 4.06. The van der Waals surface area contributed by atoms with Crippen LogP contribution in [0.5, 0.6) is 0 Å². The molecule has 0 aromatic heterocycles. The molecule has 7 heteroatoms. The summed E-state index contributed by atoms with van der Waals surface area (Å²) in [5.74, 6) is 2.09. The van der Waals surface area contributed by atoms with Gasteiger partial charge in [0.1, 0.15) is 0 Å². The van der Waals surface area contributed by atoms with Crippen LogP contribution >= 0.6 is 27.7 Å². The molecule has 0 bridgehead atoms. The molecule has 0 unspecified atom stereocenters. The Morgan fingerprint density at radius 3 is 2.55 bits per heavy atom. The first-order valence-corrected chi connectivity index (χ1v) is 11.7. The van der Waals surface area contributed by atoms with Gasteiger partial charge in [0, 0.05) is 59.8 Å². The average molecular weight is 476 g/mol. The maximum absolute atomic E-state index is 12.3. The fourth-order valence-electron chi connectivity index (χ4n) is 3.13. The molecular weight excluding hydrogens is 450 g/mol. The maximum atomic E-state index is 12.3. The number of nitrogens with zero attached hydrogens (tertiary/aromatic N) is 1. The van der Waals surface area contributed by atoms with Gasteiger partial charge in [0.25, 0.3) is 5.91 Å². The minimum Gasteiger partial charge on any atom is -0.352 e. The van der Waals surface area contributed by atoms with Crippen molar-refractivity contribution in [2.45, 2.75) is 19.9 Å². The number of benzene rings is 2. The van der Waals surface area contributed by atoms with Crippen molar-refractivity contribution in [2.75, 3.05) is 36.5 Å². The lowest BCUT2D eigenvalue weighted by Gasteiger charge is -2.26. The highest BCUT2D eigenvalue weighted by Gasteiger charge is 2.12. The van der Waals surface area contributed by atoms with Crippen LogP contribution in [0.3, 0.4) is 0 Å². The topological polar surface area (TPSA) is 61.4 Å². The highest BCUT2D eigenvalue weighted by molar-refractivity contribution is 9.10. The lowest BCUT2D eigenvalue weighted by molar-refractivity contribution is -0.116. The fraction of sp³-hybridized carbons (Fsp3) is 0.364. The Morgan fingerprint density at radius 2 is 1.83 bits per heavy atom. The van der Waals surface area contributed by atoms with Crippen molar-refractivity contribution in [1.82, 2.24) is 10.2 Å². The van der Waals surface area contributed by atoms with Crippen LogP contribution in [-0.2, 0) is 11.3 Å². The van der Waals surface area contributed by atoms with Crippen molar-refractivity contribution in [3.05, 3.63) is 63.6 Å². The number of nitrogens with one attached hydrogen (secondary N) is 2. The minimum atomic E-state index is -0.178. The smallest absolute Gasteiger partial charge is 0.251 e. The number of halogens is 1. The third-order valence-corrected chi connectivity index (χ3v) is 6.30. The summed E-state index contributed by atoms with van der Waals surface area (Å²) in [5, 5.41) is 5.78. The normalized spacial score (nSPS) is 14.4. The number of anilines is 1. The molecule has 29 heavy (non-hydrogen) atoms. The summed E-state index contributed by atoms with van der Waals surface area (Å²) in [7, 11) is 0. The van der Waals surface area contributed by atoms with Crippen molar-refractivity contribution >= 4 is 45.2 Å². The molecule has 0 spiro atoms. The predicted molar refractivity (Wildman–Crippen MR) is 124 cm³/mol. The Morgan fingerprint density at radius 1 is 1.10 bits per heavy atom. The first kappa shape index (κ1) is 21.9. The molecule has 5 nitrogen and oxygen atoms in total. The molecule has 3 rings (SSSR count). The quantitative estimate of drug-likeness (QED) is 0.633. The number of carbonyl (C=O) groups excluding carboxylic acids is 2. The van der Waals surface area contributed by atoms with Gasteiger partial charge in [0.05, 0.1) is 0 Å². The van der Waals surface area contributed by atoms with E-state index in [1.807, 2.05) is 30.8 Å². The Kier molecular flexibility index (Phi) is 8.15. The molecule has 1 fully saturated rings. The van der Waals surface area contributed by atoms with Crippen LogP contribution in [0.15, 0.2) is 46.9 Å². The number of rotatable bonds is 7. The number of thioether (sulfide) groups is 1. The van der Waals surface area contributed by atoms with E-state index in [1.54, 1.807) is 12.1 Å². The molecule has 0 saturated carbocycles. The Labute approximate surface area is 184 Å². The zero-order valence-corrected chi connectivity index (χ0v) is 18.9. The summed E-state index contributed by atoms with van der Waals surface area (Å²) in [6, 6.07) is 13.4. The van der Waals surface area contributed by atoms with Crippen LogP contribution in [0.2, 0.25) is 0 Å². The van der Waals surface area contributed by atoms with E-state index in [9.17, 15) is 9.59 Å². The van der Waals surface area contributed by atoms with Gasteiger partial charge in [-0.2, -0.15) is 11.8 Å². The molecular formula is C22H26BrN3O2S. The molecule has 154 valence electrons. The van der Waals surface area contributed by atoms with E-state index in [4.69, 9.17) is 0 Å². The summed E-state index contributed by atoms with van der Waals surface area (Å²) in [6.45, 7) is 5.42. The second kappa shape index (κ2) is 10.8. The van der Waals surface area contributed by atoms with E-state index >= 15 is 0 Å². The summed E-state index contributed by atoms with van der Waals surface area (Å²) >= 11 is 5.35. The molecule has 0 atom stereocenters. The first-order chi connectivity index (χ1) is 14.0. The Bertz CT molecular complexity index is 852. The SMILES string of the molecule is Cc1ccc(CN2CCSCC2)cc1NC(=O)CCNC(=O)c1ccc(Br)cc1. The van der Waals surface area contributed by atoms with Crippen LogP contribution in [0.1, 0.15) is 27.9 Å². The second-order valence-electron chi connectivity index (χ2n) is 7.10. The lowest BCUT2D eigenvalue weighted by atomic mass is 10.1. The van der Waals surface area contributed by atoms with E-state index < -0.39 is 0 Å².